The van der Waals surface area contributed by atoms with E-state index in [2.05, 4.69) is 4.74 Å². The lowest BCUT2D eigenvalue weighted by molar-refractivity contribution is 0.0467. The van der Waals surface area contributed by atoms with E-state index in [1.807, 2.05) is 13.0 Å². The Balaban J connectivity index is 2.04. The lowest BCUT2D eigenvalue weighted by atomic mass is 10.1. The van der Waals surface area contributed by atoms with Crippen LogP contribution in [0.1, 0.15) is 31.8 Å². The van der Waals surface area contributed by atoms with E-state index in [-0.39, 0.29) is 6.61 Å². The minimum absolute atomic E-state index is 0.109. The molecule has 0 spiro atoms. The van der Waals surface area contributed by atoms with Crippen molar-refractivity contribution in [3.05, 3.63) is 64.7 Å². The molecular weight excluding hydrogens is 296 g/mol. The van der Waals surface area contributed by atoms with Crippen molar-refractivity contribution in [2.45, 2.75) is 13.5 Å². The summed E-state index contributed by atoms with van der Waals surface area (Å²) in [6.07, 6.45) is 0. The summed E-state index contributed by atoms with van der Waals surface area (Å²) in [7, 11) is 2.83. The van der Waals surface area contributed by atoms with E-state index in [4.69, 9.17) is 9.47 Å². The second kappa shape index (κ2) is 7.45. The van der Waals surface area contributed by atoms with Gasteiger partial charge in [-0.25, -0.2) is 9.59 Å². The second-order valence-electron chi connectivity index (χ2n) is 4.97. The first-order chi connectivity index (χ1) is 11.0. The molecule has 0 bridgehead atoms. The number of hydrogen-bond acceptors (Lipinski definition) is 5. The van der Waals surface area contributed by atoms with Gasteiger partial charge in [0, 0.05) is 0 Å². The first-order valence-corrected chi connectivity index (χ1v) is 7.04. The van der Waals surface area contributed by atoms with Gasteiger partial charge in [-0.2, -0.15) is 0 Å². The summed E-state index contributed by atoms with van der Waals surface area (Å²) in [5, 5.41) is 0. The third-order valence-electron chi connectivity index (χ3n) is 3.32. The molecule has 0 aliphatic heterocycles. The molecule has 0 aromatic heterocycles. The van der Waals surface area contributed by atoms with Gasteiger partial charge in [0.1, 0.15) is 17.9 Å². The number of ether oxygens (including phenoxy) is 3. The Labute approximate surface area is 134 Å². The molecule has 0 atom stereocenters. The number of esters is 2. The highest BCUT2D eigenvalue weighted by atomic mass is 16.5. The van der Waals surface area contributed by atoms with Crippen molar-refractivity contribution in [1.82, 2.24) is 0 Å². The molecule has 120 valence electrons. The Hall–Kier alpha value is -2.82. The van der Waals surface area contributed by atoms with Crippen molar-refractivity contribution in [1.29, 1.82) is 0 Å². The molecule has 0 N–H and O–H groups in total. The third kappa shape index (κ3) is 4.10. The fourth-order valence-corrected chi connectivity index (χ4v) is 2.06. The van der Waals surface area contributed by atoms with E-state index < -0.39 is 11.9 Å². The Kier molecular flexibility index (Phi) is 5.36. The number of carbonyl (C=O) groups excluding carboxylic acids is 2. The first kappa shape index (κ1) is 16.5. The van der Waals surface area contributed by atoms with Crippen LogP contribution in [0, 0.1) is 6.92 Å². The SMILES string of the molecule is COC(=O)c1ccc(COC(=O)c2cc(C)ccc2OC)cc1. The van der Waals surface area contributed by atoms with Crippen LogP contribution in [0.3, 0.4) is 0 Å². The molecule has 0 amide bonds. The van der Waals surface area contributed by atoms with Crippen molar-refractivity contribution < 1.29 is 23.8 Å². The number of hydrogen-bond donors (Lipinski definition) is 0. The van der Waals surface area contributed by atoms with Gasteiger partial charge in [-0.1, -0.05) is 23.8 Å². The van der Waals surface area contributed by atoms with Gasteiger partial charge in [-0.05, 0) is 36.8 Å². The molecule has 0 saturated heterocycles. The molecule has 2 aromatic rings. The van der Waals surface area contributed by atoms with Crippen LogP contribution in [0.2, 0.25) is 0 Å². The summed E-state index contributed by atoms with van der Waals surface area (Å²) in [5.41, 5.74) is 2.56. The normalized spacial score (nSPS) is 10.0. The molecule has 0 aliphatic rings. The molecule has 23 heavy (non-hydrogen) atoms. The van der Waals surface area contributed by atoms with Gasteiger partial charge in [0.25, 0.3) is 0 Å². The Morgan fingerprint density at radius 3 is 2.26 bits per heavy atom. The van der Waals surface area contributed by atoms with Gasteiger partial charge in [0.15, 0.2) is 0 Å². The van der Waals surface area contributed by atoms with E-state index >= 15 is 0 Å². The van der Waals surface area contributed by atoms with Crippen LogP contribution in [-0.2, 0) is 16.1 Å². The van der Waals surface area contributed by atoms with Gasteiger partial charge < -0.3 is 14.2 Å². The number of benzene rings is 2. The van der Waals surface area contributed by atoms with Crippen LogP contribution >= 0.6 is 0 Å². The lowest BCUT2D eigenvalue weighted by Crippen LogP contribution is -2.08. The number of methoxy groups -OCH3 is 2. The highest BCUT2D eigenvalue weighted by Crippen LogP contribution is 2.21. The highest BCUT2D eigenvalue weighted by Gasteiger charge is 2.14. The molecule has 5 heteroatoms. The van der Waals surface area contributed by atoms with Crippen LogP contribution < -0.4 is 4.74 Å². The van der Waals surface area contributed by atoms with E-state index in [0.29, 0.717) is 16.9 Å². The minimum Gasteiger partial charge on any atom is -0.496 e. The smallest absolute Gasteiger partial charge is 0.342 e. The fraction of sp³-hybridized carbons (Fsp3) is 0.222. The molecule has 2 aromatic carbocycles. The Morgan fingerprint density at radius 2 is 1.65 bits per heavy atom. The van der Waals surface area contributed by atoms with E-state index in [9.17, 15) is 9.59 Å². The van der Waals surface area contributed by atoms with Crippen LogP contribution in [-0.4, -0.2) is 26.2 Å². The maximum atomic E-state index is 12.2. The number of aryl methyl sites for hydroxylation is 1. The largest absolute Gasteiger partial charge is 0.496 e. The van der Waals surface area contributed by atoms with Crippen LogP contribution in [0.15, 0.2) is 42.5 Å². The number of rotatable bonds is 5. The molecular formula is C18H18O5. The van der Waals surface area contributed by atoms with Gasteiger partial charge in [0.2, 0.25) is 0 Å². The topological polar surface area (TPSA) is 61.8 Å². The van der Waals surface area contributed by atoms with Crippen molar-refractivity contribution in [3.63, 3.8) is 0 Å². The summed E-state index contributed by atoms with van der Waals surface area (Å²) in [6, 6.07) is 12.0. The van der Waals surface area contributed by atoms with Gasteiger partial charge in [0.05, 0.1) is 19.8 Å². The molecule has 0 heterocycles. The summed E-state index contributed by atoms with van der Waals surface area (Å²) in [6.45, 7) is 2.00. The van der Waals surface area contributed by atoms with Crippen LogP contribution in [0.4, 0.5) is 0 Å². The average Bonchev–Trinajstić information content (AvgIpc) is 2.59. The standard InChI is InChI=1S/C18H18O5/c1-12-4-9-16(21-2)15(10-12)18(20)23-11-13-5-7-14(8-6-13)17(19)22-3/h4-10H,11H2,1-3H3. The predicted octanol–water partition coefficient (Wildman–Crippen LogP) is 3.15. The maximum absolute atomic E-state index is 12.2. The monoisotopic (exact) mass is 314 g/mol. The predicted molar refractivity (Wildman–Crippen MR) is 84.6 cm³/mol. The number of carbonyl (C=O) groups is 2. The molecule has 0 aliphatic carbocycles. The zero-order valence-corrected chi connectivity index (χ0v) is 13.3. The fourth-order valence-electron chi connectivity index (χ4n) is 2.06. The Morgan fingerprint density at radius 1 is 0.957 bits per heavy atom. The minimum atomic E-state index is -0.456. The van der Waals surface area contributed by atoms with Crippen LogP contribution in [0.25, 0.3) is 0 Å². The lowest BCUT2D eigenvalue weighted by Gasteiger charge is -2.10. The molecule has 0 saturated carbocycles. The van der Waals surface area contributed by atoms with Crippen molar-refractivity contribution in [2.24, 2.45) is 0 Å². The molecule has 2 rings (SSSR count). The van der Waals surface area contributed by atoms with E-state index in [1.165, 1.54) is 14.2 Å². The summed E-state index contributed by atoms with van der Waals surface area (Å²) < 4.78 is 15.1. The average molecular weight is 314 g/mol. The van der Waals surface area contributed by atoms with Gasteiger partial charge >= 0.3 is 11.9 Å². The Bertz CT molecular complexity index is 704. The van der Waals surface area contributed by atoms with E-state index in [1.54, 1.807) is 36.4 Å². The third-order valence-corrected chi connectivity index (χ3v) is 3.32. The molecule has 0 unspecified atom stereocenters. The van der Waals surface area contributed by atoms with Gasteiger partial charge in [-0.15, -0.1) is 0 Å². The zero-order valence-electron chi connectivity index (χ0n) is 13.3. The summed E-state index contributed by atoms with van der Waals surface area (Å²) in [4.78, 5) is 23.6. The molecule has 5 nitrogen and oxygen atoms in total. The first-order valence-electron chi connectivity index (χ1n) is 7.04. The quantitative estimate of drug-likeness (QED) is 0.793. The van der Waals surface area contributed by atoms with Crippen molar-refractivity contribution >= 4 is 11.9 Å². The zero-order chi connectivity index (χ0) is 16.8. The van der Waals surface area contributed by atoms with Crippen molar-refractivity contribution in [2.75, 3.05) is 14.2 Å². The van der Waals surface area contributed by atoms with E-state index in [0.717, 1.165) is 11.1 Å². The molecule has 0 fully saturated rings. The summed E-state index contributed by atoms with van der Waals surface area (Å²) in [5.74, 6) is -0.387. The van der Waals surface area contributed by atoms with Gasteiger partial charge in [-0.3, -0.25) is 0 Å². The highest BCUT2D eigenvalue weighted by molar-refractivity contribution is 5.92. The molecule has 0 radical (unpaired) electrons. The second-order valence-corrected chi connectivity index (χ2v) is 4.97. The maximum Gasteiger partial charge on any atom is 0.342 e. The van der Waals surface area contributed by atoms with Crippen LogP contribution in [0.5, 0.6) is 5.75 Å². The van der Waals surface area contributed by atoms with Crippen molar-refractivity contribution in [3.8, 4) is 5.75 Å². The summed E-state index contributed by atoms with van der Waals surface area (Å²) >= 11 is 0.